The highest BCUT2D eigenvalue weighted by molar-refractivity contribution is 6.31. The standard InChI is InChI=1S/C14H12ClF2N/c1-9-5-6-10(7-12(9)16)8-18-13-4-2-3-11(15)14(13)17/h2-7,18H,8H2,1H3. The molecule has 0 bridgehead atoms. The number of hydrogen-bond donors (Lipinski definition) is 1. The molecule has 94 valence electrons. The normalized spacial score (nSPS) is 10.4. The molecule has 1 nitrogen and oxygen atoms in total. The number of aryl methyl sites for hydroxylation is 1. The SMILES string of the molecule is Cc1ccc(CNc2cccc(Cl)c2F)cc1F. The average Bonchev–Trinajstić information content (AvgIpc) is 2.35. The second-order valence-electron chi connectivity index (χ2n) is 4.04. The lowest BCUT2D eigenvalue weighted by Crippen LogP contribution is -2.02. The van der Waals surface area contributed by atoms with E-state index in [1.807, 2.05) is 0 Å². The molecule has 0 saturated heterocycles. The van der Waals surface area contributed by atoms with Crippen molar-refractivity contribution < 1.29 is 8.78 Å². The van der Waals surface area contributed by atoms with Crippen molar-refractivity contribution in [2.75, 3.05) is 5.32 Å². The van der Waals surface area contributed by atoms with Crippen LogP contribution in [0, 0.1) is 18.6 Å². The van der Waals surface area contributed by atoms with E-state index in [1.54, 1.807) is 31.2 Å². The van der Waals surface area contributed by atoms with E-state index in [9.17, 15) is 8.78 Å². The Kier molecular flexibility index (Phi) is 3.82. The first-order valence-electron chi connectivity index (χ1n) is 5.51. The summed E-state index contributed by atoms with van der Waals surface area (Å²) in [7, 11) is 0. The fraction of sp³-hybridized carbons (Fsp3) is 0.143. The van der Waals surface area contributed by atoms with Crippen LogP contribution in [0.15, 0.2) is 36.4 Å². The molecule has 0 atom stereocenters. The third kappa shape index (κ3) is 2.79. The third-order valence-electron chi connectivity index (χ3n) is 2.67. The van der Waals surface area contributed by atoms with Gasteiger partial charge in [0, 0.05) is 6.54 Å². The number of rotatable bonds is 3. The highest BCUT2D eigenvalue weighted by atomic mass is 35.5. The summed E-state index contributed by atoms with van der Waals surface area (Å²) in [5.74, 6) is -0.757. The molecule has 2 aromatic carbocycles. The van der Waals surface area contributed by atoms with Crippen molar-refractivity contribution in [3.8, 4) is 0 Å². The first-order chi connectivity index (χ1) is 8.58. The Morgan fingerprint density at radius 1 is 1.17 bits per heavy atom. The lowest BCUT2D eigenvalue weighted by atomic mass is 10.1. The predicted octanol–water partition coefficient (Wildman–Crippen LogP) is 4.54. The summed E-state index contributed by atoms with van der Waals surface area (Å²) in [4.78, 5) is 0. The molecule has 0 spiro atoms. The van der Waals surface area contributed by atoms with Gasteiger partial charge in [0.1, 0.15) is 5.82 Å². The van der Waals surface area contributed by atoms with Gasteiger partial charge in [-0.3, -0.25) is 0 Å². The second kappa shape index (κ2) is 5.36. The van der Waals surface area contributed by atoms with Gasteiger partial charge in [0.15, 0.2) is 5.82 Å². The zero-order valence-corrected chi connectivity index (χ0v) is 10.6. The maximum atomic E-state index is 13.6. The van der Waals surface area contributed by atoms with E-state index in [1.165, 1.54) is 12.1 Å². The molecule has 0 aliphatic heterocycles. The summed E-state index contributed by atoms with van der Waals surface area (Å²) >= 11 is 5.67. The molecule has 0 saturated carbocycles. The summed E-state index contributed by atoms with van der Waals surface area (Å²) in [6.07, 6.45) is 0. The van der Waals surface area contributed by atoms with Gasteiger partial charge in [0.05, 0.1) is 10.7 Å². The fourth-order valence-electron chi connectivity index (χ4n) is 1.58. The minimum atomic E-state index is -0.494. The Hall–Kier alpha value is -1.61. The van der Waals surface area contributed by atoms with E-state index in [2.05, 4.69) is 5.32 Å². The Morgan fingerprint density at radius 2 is 1.94 bits per heavy atom. The van der Waals surface area contributed by atoms with Crippen LogP contribution < -0.4 is 5.32 Å². The van der Waals surface area contributed by atoms with Gasteiger partial charge in [-0.2, -0.15) is 0 Å². The first-order valence-corrected chi connectivity index (χ1v) is 5.88. The monoisotopic (exact) mass is 267 g/mol. The van der Waals surface area contributed by atoms with Gasteiger partial charge in [-0.25, -0.2) is 8.78 Å². The fourth-order valence-corrected chi connectivity index (χ4v) is 1.76. The highest BCUT2D eigenvalue weighted by Gasteiger charge is 2.06. The van der Waals surface area contributed by atoms with E-state index < -0.39 is 5.82 Å². The van der Waals surface area contributed by atoms with E-state index in [0.29, 0.717) is 17.8 Å². The number of nitrogens with one attached hydrogen (secondary N) is 1. The maximum absolute atomic E-state index is 13.6. The molecule has 2 rings (SSSR count). The quantitative estimate of drug-likeness (QED) is 0.861. The molecular weight excluding hydrogens is 256 g/mol. The van der Waals surface area contributed by atoms with Gasteiger partial charge in [-0.15, -0.1) is 0 Å². The number of halogens is 3. The lowest BCUT2D eigenvalue weighted by Gasteiger charge is -2.09. The molecule has 0 radical (unpaired) electrons. The molecule has 1 N–H and O–H groups in total. The van der Waals surface area contributed by atoms with E-state index in [-0.39, 0.29) is 10.8 Å². The van der Waals surface area contributed by atoms with Crippen molar-refractivity contribution in [2.24, 2.45) is 0 Å². The van der Waals surface area contributed by atoms with E-state index in [4.69, 9.17) is 11.6 Å². The van der Waals surface area contributed by atoms with Crippen LogP contribution in [0.25, 0.3) is 0 Å². The molecule has 18 heavy (non-hydrogen) atoms. The average molecular weight is 268 g/mol. The van der Waals surface area contributed by atoms with Crippen LogP contribution in [0.2, 0.25) is 5.02 Å². The molecular formula is C14H12ClF2N. The van der Waals surface area contributed by atoms with Gasteiger partial charge in [0.25, 0.3) is 0 Å². The topological polar surface area (TPSA) is 12.0 Å². The molecule has 0 aliphatic rings. The molecule has 0 amide bonds. The smallest absolute Gasteiger partial charge is 0.164 e. The molecule has 0 unspecified atom stereocenters. The van der Waals surface area contributed by atoms with Crippen molar-refractivity contribution in [2.45, 2.75) is 13.5 Å². The first kappa shape index (κ1) is 12.8. The number of benzene rings is 2. The largest absolute Gasteiger partial charge is 0.379 e. The van der Waals surface area contributed by atoms with Crippen LogP contribution in [-0.2, 0) is 6.54 Å². The summed E-state index contributed by atoms with van der Waals surface area (Å²) in [6.45, 7) is 2.04. The summed E-state index contributed by atoms with van der Waals surface area (Å²) < 4.78 is 26.9. The van der Waals surface area contributed by atoms with Crippen LogP contribution in [-0.4, -0.2) is 0 Å². The van der Waals surface area contributed by atoms with Crippen LogP contribution in [0.3, 0.4) is 0 Å². The molecule has 4 heteroatoms. The summed E-state index contributed by atoms with van der Waals surface area (Å²) in [5, 5.41) is 2.96. The Balaban J connectivity index is 2.11. The molecule has 0 aromatic heterocycles. The third-order valence-corrected chi connectivity index (χ3v) is 2.96. The van der Waals surface area contributed by atoms with Crippen LogP contribution in [0.5, 0.6) is 0 Å². The Morgan fingerprint density at radius 3 is 2.67 bits per heavy atom. The Labute approximate surface area is 109 Å². The number of anilines is 1. The minimum Gasteiger partial charge on any atom is -0.379 e. The van der Waals surface area contributed by atoms with Crippen molar-refractivity contribution in [3.05, 3.63) is 64.2 Å². The summed E-state index contributed by atoms with van der Waals surface area (Å²) in [5.41, 5.74) is 1.65. The Bertz CT molecular complexity index is 570. The van der Waals surface area contributed by atoms with Gasteiger partial charge in [-0.1, -0.05) is 29.8 Å². The van der Waals surface area contributed by atoms with Crippen LogP contribution in [0.1, 0.15) is 11.1 Å². The highest BCUT2D eigenvalue weighted by Crippen LogP contribution is 2.22. The van der Waals surface area contributed by atoms with E-state index in [0.717, 1.165) is 5.56 Å². The van der Waals surface area contributed by atoms with Crippen molar-refractivity contribution in [1.29, 1.82) is 0 Å². The van der Waals surface area contributed by atoms with Crippen LogP contribution in [0.4, 0.5) is 14.5 Å². The minimum absolute atomic E-state index is 0.0649. The van der Waals surface area contributed by atoms with Gasteiger partial charge in [0.2, 0.25) is 0 Å². The number of hydrogen-bond acceptors (Lipinski definition) is 1. The van der Waals surface area contributed by atoms with E-state index >= 15 is 0 Å². The van der Waals surface area contributed by atoms with Crippen molar-refractivity contribution in [3.63, 3.8) is 0 Å². The predicted molar refractivity (Wildman–Crippen MR) is 69.9 cm³/mol. The second-order valence-corrected chi connectivity index (χ2v) is 4.45. The molecule has 0 heterocycles. The summed E-state index contributed by atoms with van der Waals surface area (Å²) in [6, 6.07) is 9.65. The van der Waals surface area contributed by atoms with Crippen molar-refractivity contribution >= 4 is 17.3 Å². The molecule has 2 aromatic rings. The van der Waals surface area contributed by atoms with Crippen LogP contribution >= 0.6 is 11.6 Å². The van der Waals surface area contributed by atoms with Gasteiger partial charge >= 0.3 is 0 Å². The van der Waals surface area contributed by atoms with Gasteiger partial charge < -0.3 is 5.32 Å². The zero-order valence-electron chi connectivity index (χ0n) is 9.81. The molecule has 0 aliphatic carbocycles. The van der Waals surface area contributed by atoms with Crippen molar-refractivity contribution in [1.82, 2.24) is 0 Å². The van der Waals surface area contributed by atoms with Gasteiger partial charge in [-0.05, 0) is 36.2 Å². The maximum Gasteiger partial charge on any atom is 0.164 e. The lowest BCUT2D eigenvalue weighted by molar-refractivity contribution is 0.616. The molecule has 0 fully saturated rings. The zero-order chi connectivity index (χ0) is 13.1.